The summed E-state index contributed by atoms with van der Waals surface area (Å²) in [6.07, 6.45) is 20.3. The van der Waals surface area contributed by atoms with Crippen molar-refractivity contribution >= 4 is 7.82 Å². The van der Waals surface area contributed by atoms with Gasteiger partial charge in [0.25, 0.3) is 0 Å². The van der Waals surface area contributed by atoms with E-state index in [4.69, 9.17) is 9.05 Å². The van der Waals surface area contributed by atoms with Crippen molar-refractivity contribution in [2.45, 2.75) is 89.9 Å². The molecule has 1 unspecified atom stereocenters. The standard InChI is InChI=1S/C22H44NO4P/c1-23(2,3)19-21-27-28(24,25)26-20-15-10-8-6-4-5-7-9-12-16-22-17-13-11-14-18-22/h16H,4-15,17-21H2,1-3H3/p+1. The molecule has 0 heterocycles. The van der Waals surface area contributed by atoms with Gasteiger partial charge in [0.15, 0.2) is 0 Å². The van der Waals surface area contributed by atoms with E-state index in [9.17, 15) is 9.46 Å². The molecule has 0 radical (unpaired) electrons. The Kier molecular flexibility index (Phi) is 13.6. The summed E-state index contributed by atoms with van der Waals surface area (Å²) in [5.41, 5.74) is 1.71. The number of hydrogen-bond acceptors (Lipinski definition) is 3. The van der Waals surface area contributed by atoms with E-state index >= 15 is 0 Å². The van der Waals surface area contributed by atoms with Crippen LogP contribution in [0.5, 0.6) is 0 Å². The topological polar surface area (TPSA) is 55.8 Å². The molecular weight excluding hydrogens is 373 g/mol. The van der Waals surface area contributed by atoms with Crippen molar-refractivity contribution in [2.75, 3.05) is 40.9 Å². The van der Waals surface area contributed by atoms with Gasteiger partial charge in [0.05, 0.1) is 27.7 Å². The summed E-state index contributed by atoms with van der Waals surface area (Å²) in [6.45, 7) is 1.20. The highest BCUT2D eigenvalue weighted by Gasteiger charge is 2.21. The minimum absolute atomic E-state index is 0.231. The summed E-state index contributed by atoms with van der Waals surface area (Å²) in [5.74, 6) is 0. The van der Waals surface area contributed by atoms with Crippen LogP contribution in [0.15, 0.2) is 11.6 Å². The minimum atomic E-state index is -3.88. The molecule has 1 atom stereocenters. The maximum atomic E-state index is 11.8. The fraction of sp³-hybridized carbons (Fsp3) is 0.909. The predicted octanol–water partition coefficient (Wildman–Crippen LogP) is 6.23. The molecule has 28 heavy (non-hydrogen) atoms. The summed E-state index contributed by atoms with van der Waals surface area (Å²) in [6, 6.07) is 0. The number of quaternary nitrogens is 1. The summed E-state index contributed by atoms with van der Waals surface area (Å²) in [4.78, 5) is 9.64. The van der Waals surface area contributed by atoms with Crippen LogP contribution in [0.2, 0.25) is 0 Å². The molecule has 6 heteroatoms. The summed E-state index contributed by atoms with van der Waals surface area (Å²) in [7, 11) is 2.17. The zero-order valence-electron chi connectivity index (χ0n) is 18.7. The van der Waals surface area contributed by atoms with Gasteiger partial charge in [-0.2, -0.15) is 0 Å². The van der Waals surface area contributed by atoms with E-state index in [0.717, 1.165) is 12.8 Å². The number of allylic oxidation sites excluding steroid dienone is 2. The molecule has 0 amide bonds. The predicted molar refractivity (Wildman–Crippen MR) is 117 cm³/mol. The highest BCUT2D eigenvalue weighted by atomic mass is 31.2. The summed E-state index contributed by atoms with van der Waals surface area (Å²) in [5, 5.41) is 0. The Morgan fingerprint density at radius 1 is 0.857 bits per heavy atom. The second kappa shape index (κ2) is 14.7. The first-order chi connectivity index (χ1) is 13.3. The van der Waals surface area contributed by atoms with Gasteiger partial charge in [-0.05, 0) is 44.9 Å². The lowest BCUT2D eigenvalue weighted by atomic mass is 9.94. The number of phosphoric acid groups is 1. The second-order valence-electron chi connectivity index (χ2n) is 9.19. The first-order valence-corrected chi connectivity index (χ1v) is 12.9. The Hall–Kier alpha value is -0.190. The number of unbranched alkanes of at least 4 members (excludes halogenated alkanes) is 8. The maximum Gasteiger partial charge on any atom is 0.472 e. The van der Waals surface area contributed by atoms with Gasteiger partial charge >= 0.3 is 7.82 Å². The van der Waals surface area contributed by atoms with Gasteiger partial charge in [0, 0.05) is 0 Å². The van der Waals surface area contributed by atoms with Crippen LogP contribution in [0.4, 0.5) is 0 Å². The van der Waals surface area contributed by atoms with Crippen molar-refractivity contribution in [3.8, 4) is 0 Å². The highest BCUT2D eigenvalue weighted by Crippen LogP contribution is 2.43. The fourth-order valence-corrected chi connectivity index (χ4v) is 4.22. The van der Waals surface area contributed by atoms with Gasteiger partial charge in [-0.25, -0.2) is 4.57 Å². The maximum absolute atomic E-state index is 11.8. The molecule has 0 spiro atoms. The van der Waals surface area contributed by atoms with Crippen molar-refractivity contribution in [1.29, 1.82) is 0 Å². The molecule has 1 fully saturated rings. The van der Waals surface area contributed by atoms with Crippen molar-refractivity contribution in [3.63, 3.8) is 0 Å². The number of nitrogens with zero attached hydrogens (tertiary/aromatic N) is 1. The van der Waals surface area contributed by atoms with Crippen LogP contribution >= 0.6 is 7.82 Å². The molecule has 0 bridgehead atoms. The molecule has 1 saturated carbocycles. The lowest BCUT2D eigenvalue weighted by Gasteiger charge is -2.24. The van der Waals surface area contributed by atoms with E-state index in [1.807, 2.05) is 21.1 Å². The Bertz CT molecular complexity index is 466. The monoisotopic (exact) mass is 418 g/mol. The van der Waals surface area contributed by atoms with E-state index in [1.165, 1.54) is 77.0 Å². The third kappa shape index (κ3) is 15.7. The zero-order chi connectivity index (χ0) is 20.7. The Morgan fingerprint density at radius 2 is 1.39 bits per heavy atom. The van der Waals surface area contributed by atoms with Gasteiger partial charge in [0.2, 0.25) is 0 Å². The molecule has 5 nitrogen and oxygen atoms in total. The van der Waals surface area contributed by atoms with Crippen molar-refractivity contribution < 1.29 is 23.0 Å². The Labute approximate surface area is 173 Å². The van der Waals surface area contributed by atoms with Gasteiger partial charge < -0.3 is 9.38 Å². The Morgan fingerprint density at radius 3 is 2.00 bits per heavy atom. The van der Waals surface area contributed by atoms with Crippen LogP contribution in [0.25, 0.3) is 0 Å². The number of rotatable bonds is 16. The molecule has 1 aliphatic rings. The quantitative estimate of drug-likeness (QED) is 0.140. The van der Waals surface area contributed by atoms with E-state index in [0.29, 0.717) is 17.6 Å². The summed E-state index contributed by atoms with van der Waals surface area (Å²) >= 11 is 0. The molecule has 0 aromatic rings. The Balaban J connectivity index is 1.86. The smallest absolute Gasteiger partial charge is 0.329 e. The van der Waals surface area contributed by atoms with Gasteiger partial charge in [0.1, 0.15) is 13.2 Å². The first-order valence-electron chi connectivity index (χ1n) is 11.4. The van der Waals surface area contributed by atoms with Crippen LogP contribution in [0.1, 0.15) is 89.9 Å². The molecular formula is C22H45NO4P+. The molecule has 166 valence electrons. The van der Waals surface area contributed by atoms with Crippen LogP contribution in [0.3, 0.4) is 0 Å². The molecule has 0 saturated heterocycles. The third-order valence-electron chi connectivity index (χ3n) is 5.30. The van der Waals surface area contributed by atoms with E-state index < -0.39 is 7.82 Å². The van der Waals surface area contributed by atoms with E-state index in [2.05, 4.69) is 6.08 Å². The number of phosphoric ester groups is 1. The van der Waals surface area contributed by atoms with Gasteiger partial charge in [-0.15, -0.1) is 0 Å². The molecule has 1 aliphatic carbocycles. The average molecular weight is 419 g/mol. The number of hydrogen-bond donors (Lipinski definition) is 1. The molecule has 0 aliphatic heterocycles. The van der Waals surface area contributed by atoms with Crippen molar-refractivity contribution in [3.05, 3.63) is 11.6 Å². The lowest BCUT2D eigenvalue weighted by Crippen LogP contribution is -2.37. The first kappa shape index (κ1) is 25.8. The lowest BCUT2D eigenvalue weighted by molar-refractivity contribution is -0.870. The van der Waals surface area contributed by atoms with Gasteiger partial charge in [-0.3, -0.25) is 9.05 Å². The largest absolute Gasteiger partial charge is 0.472 e. The second-order valence-corrected chi connectivity index (χ2v) is 10.6. The van der Waals surface area contributed by atoms with Crippen molar-refractivity contribution in [1.82, 2.24) is 0 Å². The number of likely N-dealkylation sites (N-methyl/N-ethyl adjacent to an activating group) is 1. The molecule has 0 aromatic carbocycles. The van der Waals surface area contributed by atoms with Crippen LogP contribution in [0, 0.1) is 0 Å². The minimum Gasteiger partial charge on any atom is -0.329 e. The highest BCUT2D eigenvalue weighted by molar-refractivity contribution is 7.47. The SMILES string of the molecule is C[N+](C)(C)CCOP(=O)(O)OCCCCCCCCCCC=C1CCCCC1. The van der Waals surface area contributed by atoms with Crippen LogP contribution in [-0.2, 0) is 13.6 Å². The third-order valence-corrected chi connectivity index (χ3v) is 6.32. The van der Waals surface area contributed by atoms with E-state index in [1.54, 1.807) is 5.57 Å². The average Bonchev–Trinajstić information content (AvgIpc) is 2.62. The van der Waals surface area contributed by atoms with Gasteiger partial charge in [-0.1, -0.05) is 56.6 Å². The van der Waals surface area contributed by atoms with Crippen molar-refractivity contribution in [2.24, 2.45) is 0 Å². The van der Waals surface area contributed by atoms with Crippen LogP contribution in [-0.4, -0.2) is 50.3 Å². The molecule has 0 aromatic heterocycles. The van der Waals surface area contributed by atoms with E-state index in [-0.39, 0.29) is 6.61 Å². The summed E-state index contributed by atoms with van der Waals surface area (Å²) < 4.78 is 22.5. The van der Waals surface area contributed by atoms with Crippen LogP contribution < -0.4 is 0 Å². The zero-order valence-corrected chi connectivity index (χ0v) is 19.6. The molecule has 1 rings (SSSR count). The normalized spacial score (nSPS) is 17.5. The molecule has 1 N–H and O–H groups in total. The fourth-order valence-electron chi connectivity index (χ4n) is 3.47.